The van der Waals surface area contributed by atoms with Gasteiger partial charge in [0.1, 0.15) is 0 Å². The van der Waals surface area contributed by atoms with E-state index in [2.05, 4.69) is 0 Å². The van der Waals surface area contributed by atoms with E-state index in [9.17, 15) is 0 Å². The first-order chi connectivity index (χ1) is 30.7. The summed E-state index contributed by atoms with van der Waals surface area (Å²) in [6.45, 7) is 5.67. The summed E-state index contributed by atoms with van der Waals surface area (Å²) < 4.78 is 4.83. The van der Waals surface area contributed by atoms with Crippen LogP contribution in [0.25, 0.3) is 0 Å². The molecule has 0 radical (unpaired) electrons. The van der Waals surface area contributed by atoms with Crippen LogP contribution in [0, 0.1) is 0 Å². The van der Waals surface area contributed by atoms with Gasteiger partial charge in [0.25, 0.3) is 0 Å². The third-order valence-electron chi connectivity index (χ3n) is 0.408. The Morgan fingerprint density at radius 2 is 0.169 bits per heavy atom. The summed E-state index contributed by atoms with van der Waals surface area (Å²) in [6, 6.07) is 0. The van der Waals surface area contributed by atoms with Crippen LogP contribution in [0.5, 0.6) is 0 Å². The zero-order valence-electron chi connectivity index (χ0n) is 33.1. The van der Waals surface area contributed by atoms with Crippen molar-refractivity contribution in [1.82, 2.24) is 0 Å². The van der Waals surface area contributed by atoms with Crippen LogP contribution in [0.4, 0.5) is 0 Å². The first kappa shape index (κ1) is 142. The second-order valence-electron chi connectivity index (χ2n) is 2.80. The van der Waals surface area contributed by atoms with Gasteiger partial charge in [-0.05, 0) is 13.8 Å². The van der Waals surface area contributed by atoms with Crippen LogP contribution in [0.15, 0.2) is 0 Å². The van der Waals surface area contributed by atoms with Gasteiger partial charge in [0, 0.05) is 13.2 Å². The van der Waals surface area contributed by atoms with E-state index in [0.29, 0.717) is 0 Å². The molecule has 0 bridgehead atoms. The van der Waals surface area contributed by atoms with Crippen molar-refractivity contribution < 1.29 is 4.74 Å². The normalized spacial score (nSPS) is 6.18. The van der Waals surface area contributed by atoms with E-state index < -0.39 is 0 Å². The maximum atomic E-state index is 4.83. The third-order valence-corrected chi connectivity index (χ3v) is 0.408. The van der Waals surface area contributed by atoms with E-state index in [1.165, 1.54) is 0 Å². The predicted molar refractivity (Wildman–Crippen MR) is 354 cm³/mol. The molecule has 0 aromatic carbocycles. The lowest BCUT2D eigenvalue weighted by Crippen LogP contribution is -1.84. The molecule has 0 N–H and O–H groups in total. The molecule has 0 aromatic rings. The van der Waals surface area contributed by atoms with Gasteiger partial charge in [0.05, 0.1) is 107 Å². The van der Waals surface area contributed by atoms with E-state index >= 15 is 0 Å². The first-order valence-electron chi connectivity index (χ1n) is 12.7. The molecule has 0 spiro atoms. The number of ether oxygens (including phenoxy) is 1. The van der Waals surface area contributed by atoms with Gasteiger partial charge in [-0.15, -0.1) is 464 Å². The fraction of sp³-hybridized carbons (Fsp3) is 1.00. The molecule has 0 aliphatic carbocycles. The molecule has 0 unspecified atom stereocenters. The zero-order valence-corrected chi connectivity index (χ0v) is 63.3. The Morgan fingerprint density at radius 3 is 0.169 bits per heavy atom. The molecule has 0 heterocycles. The maximum Gasteiger partial charge on any atom is 0.0967 e. The largest absolute Gasteiger partial charge is 0.382 e. The quantitative estimate of drug-likeness (QED) is 0.250. The molecule has 0 rings (SSSR count). The Bertz CT molecular complexity index is 188. The Morgan fingerprint density at radius 1 is 0.138 bits per heavy atom. The molecule has 0 aromatic heterocycles. The SMILES string of the molecule is CCOCC.ClCCl.ClCCl.ClCCl.ClCCl.ClCCl.ClCCl.ClCCl.ClCCl.ClCCl.ClCCl.ClCCl.ClCCl.ClCCl.ClCCl.ClCCl.ClCCl.ClCCl.ClCCl.ClCCl.ClCCl. The fourth-order valence-corrected chi connectivity index (χ4v) is 0.204. The average molecular weight is 1770 g/mol. The average Bonchev–Trinajstić information content (AvgIpc) is 3.19. The Kier molecular flexibility index (Phi) is 766. The van der Waals surface area contributed by atoms with Gasteiger partial charge in [-0.25, -0.2) is 0 Å². The van der Waals surface area contributed by atoms with Crippen molar-refractivity contribution in [3.63, 3.8) is 0 Å². The van der Waals surface area contributed by atoms with Crippen LogP contribution in [0.2, 0.25) is 0 Å². The Balaban J connectivity index is -0.0000000165. The highest BCUT2D eigenvalue weighted by Crippen LogP contribution is 1.79. The van der Waals surface area contributed by atoms with Crippen LogP contribution in [-0.4, -0.2) is 120 Å². The molecule has 432 valence electrons. The van der Waals surface area contributed by atoms with Gasteiger partial charge in [0.15, 0.2) is 0 Å². The Hall–Kier alpha value is 11.6. The zero-order chi connectivity index (χ0) is 58.3. The molecule has 0 saturated carbocycles. The van der Waals surface area contributed by atoms with E-state index in [-0.39, 0.29) is 107 Å². The third kappa shape index (κ3) is 2220. The van der Waals surface area contributed by atoms with Crippen molar-refractivity contribution in [2.75, 3.05) is 120 Å². The minimum Gasteiger partial charge on any atom is -0.382 e. The summed E-state index contributed by atoms with van der Waals surface area (Å²) in [5.41, 5.74) is 0. The van der Waals surface area contributed by atoms with Crippen LogP contribution in [-0.2, 0) is 4.74 Å². The lowest BCUT2D eigenvalue weighted by atomic mass is 10.8. The van der Waals surface area contributed by atoms with Gasteiger partial charge >= 0.3 is 0 Å². The van der Waals surface area contributed by atoms with E-state index in [0.717, 1.165) is 13.2 Å². The topological polar surface area (TPSA) is 9.23 Å². The van der Waals surface area contributed by atoms with Gasteiger partial charge in [-0.3, -0.25) is 0 Å². The standard InChI is InChI=1S/C4H10O.20CH2Cl2/c1-3-5-4-2;20*2-1-3/h3-4H2,1-2H3;20*1H2. The number of alkyl halides is 40. The van der Waals surface area contributed by atoms with Crippen LogP contribution in [0.1, 0.15) is 13.8 Å². The fourth-order valence-electron chi connectivity index (χ4n) is 0.204. The second kappa shape index (κ2) is 352. The molecular formula is C24H50Cl40O. The van der Waals surface area contributed by atoms with Crippen LogP contribution >= 0.6 is 464 Å². The summed E-state index contributed by atoms with van der Waals surface area (Å²) in [5.74, 6) is 0. The first-order valence-corrected chi connectivity index (χ1v) is 34.1. The lowest BCUT2D eigenvalue weighted by molar-refractivity contribution is 0.162. The van der Waals surface area contributed by atoms with Gasteiger partial charge in [-0.1, -0.05) is 0 Å². The smallest absolute Gasteiger partial charge is 0.0967 e. The maximum absolute atomic E-state index is 4.83. The monoisotopic (exact) mass is 1750 g/mol. The molecule has 1 nitrogen and oxygen atoms in total. The minimum absolute atomic E-state index is 0.194. The van der Waals surface area contributed by atoms with E-state index in [4.69, 9.17) is 469 Å². The number of rotatable bonds is 2. The second-order valence-corrected chi connectivity index (χ2v) is 19.0. The van der Waals surface area contributed by atoms with Gasteiger partial charge in [-0.2, -0.15) is 0 Å². The highest BCUT2D eigenvalue weighted by molar-refractivity contribution is 6.46. The predicted octanol–water partition coefficient (Wildman–Crippen LogP) is 29.5. The summed E-state index contributed by atoms with van der Waals surface area (Å²) in [7, 11) is 0. The molecule has 0 fully saturated rings. The summed E-state index contributed by atoms with van der Waals surface area (Å²) in [6.07, 6.45) is 0. The van der Waals surface area contributed by atoms with Gasteiger partial charge < -0.3 is 4.74 Å². The summed E-state index contributed by atoms with van der Waals surface area (Å²) in [5, 5.41) is 3.89. The number of hydrogen-bond donors (Lipinski definition) is 0. The van der Waals surface area contributed by atoms with Crippen molar-refractivity contribution in [1.29, 1.82) is 0 Å². The van der Waals surface area contributed by atoms with Crippen LogP contribution in [0.3, 0.4) is 0 Å². The molecule has 65 heavy (non-hydrogen) atoms. The summed E-state index contributed by atoms with van der Waals surface area (Å²) in [4.78, 5) is 0. The molecular weight excluding hydrogens is 1720 g/mol. The van der Waals surface area contributed by atoms with Crippen molar-refractivity contribution in [3.05, 3.63) is 0 Å². The lowest BCUT2D eigenvalue weighted by Gasteiger charge is -1.86. The van der Waals surface area contributed by atoms with E-state index in [1.807, 2.05) is 13.8 Å². The van der Waals surface area contributed by atoms with Crippen molar-refractivity contribution in [2.24, 2.45) is 0 Å². The Labute approximate surface area is 592 Å². The molecule has 0 aliphatic rings. The molecule has 0 amide bonds. The van der Waals surface area contributed by atoms with E-state index in [1.54, 1.807) is 0 Å². The van der Waals surface area contributed by atoms with Crippen LogP contribution < -0.4 is 0 Å². The van der Waals surface area contributed by atoms with Crippen molar-refractivity contribution in [2.45, 2.75) is 13.8 Å². The summed E-state index contributed by atoms with van der Waals surface area (Å²) >= 11 is 191. The van der Waals surface area contributed by atoms with Crippen molar-refractivity contribution in [3.8, 4) is 0 Å². The molecule has 0 saturated heterocycles. The van der Waals surface area contributed by atoms with Gasteiger partial charge in [0.2, 0.25) is 0 Å². The molecule has 0 atom stereocenters. The molecule has 41 heteroatoms. The molecule has 0 aliphatic heterocycles. The highest BCUT2D eigenvalue weighted by Gasteiger charge is 1.64. The van der Waals surface area contributed by atoms with Crippen molar-refractivity contribution >= 4 is 464 Å². The highest BCUT2D eigenvalue weighted by atomic mass is 35.6. The number of halogens is 40. The minimum atomic E-state index is 0.194. The number of hydrogen-bond acceptors (Lipinski definition) is 1.